The highest BCUT2D eigenvalue weighted by molar-refractivity contribution is 7.99. The maximum atomic E-state index is 13.9. The molecule has 102 valence electrons. The number of hydrogen-bond acceptors (Lipinski definition) is 2. The fourth-order valence-corrected chi connectivity index (χ4v) is 2.51. The average Bonchev–Trinajstić information content (AvgIpc) is 2.34. The Morgan fingerprint density at radius 3 is 2.56 bits per heavy atom. The van der Waals surface area contributed by atoms with Crippen molar-refractivity contribution in [3.05, 3.63) is 29.6 Å². The highest BCUT2D eigenvalue weighted by atomic mass is 32.2. The molecule has 1 N–H and O–H groups in total. The van der Waals surface area contributed by atoms with Crippen molar-refractivity contribution in [2.24, 2.45) is 5.92 Å². The van der Waals surface area contributed by atoms with Crippen LogP contribution in [0.15, 0.2) is 23.1 Å². The summed E-state index contributed by atoms with van der Waals surface area (Å²) in [5.41, 5.74) is 1.02. The van der Waals surface area contributed by atoms with Gasteiger partial charge in [-0.05, 0) is 43.5 Å². The van der Waals surface area contributed by atoms with E-state index >= 15 is 0 Å². The van der Waals surface area contributed by atoms with Crippen molar-refractivity contribution in [1.29, 1.82) is 0 Å². The van der Waals surface area contributed by atoms with Crippen LogP contribution in [0.3, 0.4) is 0 Å². The van der Waals surface area contributed by atoms with Gasteiger partial charge >= 0.3 is 0 Å². The van der Waals surface area contributed by atoms with Crippen LogP contribution in [0, 0.1) is 11.7 Å². The quantitative estimate of drug-likeness (QED) is 0.724. The third kappa shape index (κ3) is 4.99. The van der Waals surface area contributed by atoms with E-state index in [1.165, 1.54) is 0 Å². The maximum absolute atomic E-state index is 13.9. The number of rotatable bonds is 7. The molecule has 0 spiro atoms. The zero-order valence-electron chi connectivity index (χ0n) is 11.8. The molecule has 1 atom stereocenters. The van der Waals surface area contributed by atoms with Crippen molar-refractivity contribution in [2.75, 3.05) is 12.3 Å². The molecule has 18 heavy (non-hydrogen) atoms. The fourth-order valence-electron chi connectivity index (χ4n) is 1.64. The summed E-state index contributed by atoms with van der Waals surface area (Å²) in [6, 6.07) is 5.81. The highest BCUT2D eigenvalue weighted by Crippen LogP contribution is 2.26. The van der Waals surface area contributed by atoms with Gasteiger partial charge in [0.25, 0.3) is 0 Å². The van der Waals surface area contributed by atoms with Crippen LogP contribution >= 0.6 is 11.8 Å². The normalized spacial score (nSPS) is 13.0. The Labute approximate surface area is 115 Å². The first kappa shape index (κ1) is 15.5. The molecule has 0 aliphatic rings. The number of benzene rings is 1. The maximum Gasteiger partial charge on any atom is 0.137 e. The molecule has 0 saturated heterocycles. The topological polar surface area (TPSA) is 12.0 Å². The molecule has 1 unspecified atom stereocenters. The molecule has 1 nitrogen and oxygen atoms in total. The van der Waals surface area contributed by atoms with Crippen molar-refractivity contribution in [1.82, 2.24) is 5.32 Å². The van der Waals surface area contributed by atoms with Crippen LogP contribution in [-0.2, 0) is 0 Å². The van der Waals surface area contributed by atoms with Crippen LogP contribution in [0.5, 0.6) is 0 Å². The lowest BCUT2D eigenvalue weighted by atomic mass is 10.1. The summed E-state index contributed by atoms with van der Waals surface area (Å²) in [6.45, 7) is 9.47. The minimum atomic E-state index is -0.0942. The number of thioether (sulfide) groups is 1. The Bertz CT molecular complexity index is 366. The van der Waals surface area contributed by atoms with Crippen LogP contribution in [0.1, 0.15) is 45.7 Å². The SMILES string of the molecule is CCCNC(C)c1ccc(SCC(C)C)c(F)c1. The largest absolute Gasteiger partial charge is 0.310 e. The van der Waals surface area contributed by atoms with E-state index in [4.69, 9.17) is 0 Å². The van der Waals surface area contributed by atoms with E-state index in [0.29, 0.717) is 5.92 Å². The van der Waals surface area contributed by atoms with Gasteiger partial charge in [0, 0.05) is 16.7 Å². The van der Waals surface area contributed by atoms with Gasteiger partial charge in [-0.15, -0.1) is 11.8 Å². The van der Waals surface area contributed by atoms with Crippen LogP contribution in [0.4, 0.5) is 4.39 Å². The zero-order valence-corrected chi connectivity index (χ0v) is 12.6. The van der Waals surface area contributed by atoms with Gasteiger partial charge in [0.1, 0.15) is 5.82 Å². The molecule has 0 heterocycles. The Morgan fingerprint density at radius 1 is 1.28 bits per heavy atom. The van der Waals surface area contributed by atoms with Crippen molar-refractivity contribution in [3.8, 4) is 0 Å². The summed E-state index contributed by atoms with van der Waals surface area (Å²) in [6.07, 6.45) is 1.09. The molecule has 0 fully saturated rings. The molecule has 0 radical (unpaired) electrons. The lowest BCUT2D eigenvalue weighted by Crippen LogP contribution is -2.19. The van der Waals surface area contributed by atoms with Crippen molar-refractivity contribution >= 4 is 11.8 Å². The summed E-state index contributed by atoms with van der Waals surface area (Å²) in [7, 11) is 0. The lowest BCUT2D eigenvalue weighted by molar-refractivity contribution is 0.556. The Morgan fingerprint density at radius 2 is 2.00 bits per heavy atom. The van der Waals surface area contributed by atoms with E-state index in [0.717, 1.165) is 29.2 Å². The average molecular weight is 269 g/mol. The summed E-state index contributed by atoms with van der Waals surface area (Å²) in [4.78, 5) is 0.759. The molecule has 1 rings (SSSR count). The van der Waals surface area contributed by atoms with Gasteiger partial charge in [-0.2, -0.15) is 0 Å². The van der Waals surface area contributed by atoms with Gasteiger partial charge in [-0.3, -0.25) is 0 Å². The molecule has 0 bridgehead atoms. The van der Waals surface area contributed by atoms with E-state index in [1.807, 2.05) is 12.1 Å². The molecular formula is C15H24FNS. The standard InChI is InChI=1S/C15H24FNS/c1-5-8-17-12(4)13-6-7-15(14(16)9-13)18-10-11(2)3/h6-7,9,11-12,17H,5,8,10H2,1-4H3. The Balaban J connectivity index is 2.66. The van der Waals surface area contributed by atoms with E-state index in [1.54, 1.807) is 17.8 Å². The molecule has 0 aromatic heterocycles. The van der Waals surface area contributed by atoms with E-state index in [-0.39, 0.29) is 11.9 Å². The molecule has 1 aromatic rings. The van der Waals surface area contributed by atoms with Crippen LogP contribution < -0.4 is 5.32 Å². The molecular weight excluding hydrogens is 245 g/mol. The summed E-state index contributed by atoms with van der Waals surface area (Å²) >= 11 is 1.60. The molecule has 3 heteroatoms. The van der Waals surface area contributed by atoms with E-state index in [2.05, 4.69) is 33.0 Å². The highest BCUT2D eigenvalue weighted by Gasteiger charge is 2.09. The minimum absolute atomic E-state index is 0.0942. The first-order valence-electron chi connectivity index (χ1n) is 6.70. The van der Waals surface area contributed by atoms with Crippen LogP contribution in [-0.4, -0.2) is 12.3 Å². The van der Waals surface area contributed by atoms with Gasteiger partial charge in [0.05, 0.1) is 0 Å². The van der Waals surface area contributed by atoms with Gasteiger partial charge in [0.15, 0.2) is 0 Å². The Kier molecular flexibility index (Phi) is 6.72. The van der Waals surface area contributed by atoms with E-state index < -0.39 is 0 Å². The second kappa shape index (κ2) is 7.80. The van der Waals surface area contributed by atoms with Gasteiger partial charge in [-0.25, -0.2) is 4.39 Å². The van der Waals surface area contributed by atoms with Gasteiger partial charge in [-0.1, -0.05) is 26.8 Å². The van der Waals surface area contributed by atoms with Crippen LogP contribution in [0.25, 0.3) is 0 Å². The van der Waals surface area contributed by atoms with Crippen LogP contribution in [0.2, 0.25) is 0 Å². The second-order valence-electron chi connectivity index (χ2n) is 5.07. The summed E-state index contributed by atoms with van der Waals surface area (Å²) in [5, 5.41) is 3.37. The molecule has 0 saturated carbocycles. The van der Waals surface area contributed by atoms with Crippen molar-refractivity contribution in [2.45, 2.75) is 45.1 Å². The number of hydrogen-bond donors (Lipinski definition) is 1. The van der Waals surface area contributed by atoms with E-state index in [9.17, 15) is 4.39 Å². The smallest absolute Gasteiger partial charge is 0.137 e. The Hall–Kier alpha value is -0.540. The summed E-state index contributed by atoms with van der Waals surface area (Å²) in [5.74, 6) is 1.45. The first-order valence-corrected chi connectivity index (χ1v) is 7.68. The number of halogens is 1. The van der Waals surface area contributed by atoms with Gasteiger partial charge < -0.3 is 5.32 Å². The molecule has 0 aliphatic carbocycles. The number of nitrogens with one attached hydrogen (secondary N) is 1. The minimum Gasteiger partial charge on any atom is -0.310 e. The zero-order chi connectivity index (χ0) is 13.5. The van der Waals surface area contributed by atoms with Gasteiger partial charge in [0.2, 0.25) is 0 Å². The lowest BCUT2D eigenvalue weighted by Gasteiger charge is -2.15. The van der Waals surface area contributed by atoms with Crippen molar-refractivity contribution in [3.63, 3.8) is 0 Å². The summed E-state index contributed by atoms with van der Waals surface area (Å²) < 4.78 is 13.9. The first-order chi connectivity index (χ1) is 8.54. The predicted octanol–water partition coefficient (Wildman–Crippen LogP) is 4.63. The van der Waals surface area contributed by atoms with Crippen molar-refractivity contribution < 1.29 is 4.39 Å². The fraction of sp³-hybridized carbons (Fsp3) is 0.600. The third-order valence-corrected chi connectivity index (χ3v) is 4.20. The predicted molar refractivity (Wildman–Crippen MR) is 78.7 cm³/mol. The molecule has 0 amide bonds. The monoisotopic (exact) mass is 269 g/mol. The second-order valence-corrected chi connectivity index (χ2v) is 6.13. The molecule has 1 aromatic carbocycles. The molecule has 0 aliphatic heterocycles. The third-order valence-electron chi connectivity index (χ3n) is 2.73.